The highest BCUT2D eigenvalue weighted by molar-refractivity contribution is 6.31. The zero-order chi connectivity index (χ0) is 11.3. The number of ketones is 1. The van der Waals surface area contributed by atoms with Gasteiger partial charge in [0.2, 0.25) is 0 Å². The van der Waals surface area contributed by atoms with Crippen molar-refractivity contribution in [1.29, 1.82) is 0 Å². The van der Waals surface area contributed by atoms with Crippen molar-refractivity contribution in [3.8, 4) is 0 Å². The Kier molecular flexibility index (Phi) is 4.79. The lowest BCUT2D eigenvalue weighted by Crippen LogP contribution is -2.14. The molecule has 0 aliphatic carbocycles. The molecule has 0 saturated carbocycles. The van der Waals surface area contributed by atoms with E-state index in [1.807, 2.05) is 32.2 Å². The lowest BCUT2D eigenvalue weighted by molar-refractivity contribution is -0.118. The van der Waals surface area contributed by atoms with Crippen LogP contribution in [0.5, 0.6) is 0 Å². The van der Waals surface area contributed by atoms with E-state index < -0.39 is 0 Å². The van der Waals surface area contributed by atoms with Crippen LogP contribution in [-0.2, 0) is 11.2 Å². The van der Waals surface area contributed by atoms with Crippen LogP contribution in [0.4, 0.5) is 0 Å². The molecule has 0 aromatic heterocycles. The molecule has 0 aliphatic heterocycles. The van der Waals surface area contributed by atoms with Crippen LogP contribution in [0.25, 0.3) is 0 Å². The van der Waals surface area contributed by atoms with Crippen LogP contribution in [-0.4, -0.2) is 19.4 Å². The first-order valence-electron chi connectivity index (χ1n) is 5.05. The Morgan fingerprint density at radius 2 is 2.20 bits per heavy atom. The second-order valence-corrected chi connectivity index (χ2v) is 4.07. The van der Waals surface area contributed by atoms with Crippen molar-refractivity contribution >= 4 is 17.4 Å². The standard InChI is InChI=1S/C12H16ClNO/c1-9-3-4-10(12(13)7-9)8-11(15)5-6-14-2/h3-4,7,14H,5-6,8H2,1-2H3. The molecular formula is C12H16ClNO. The van der Waals surface area contributed by atoms with Crippen LogP contribution in [0.2, 0.25) is 5.02 Å². The fourth-order valence-electron chi connectivity index (χ4n) is 1.36. The number of hydrogen-bond donors (Lipinski definition) is 1. The van der Waals surface area contributed by atoms with Gasteiger partial charge in [-0.1, -0.05) is 23.7 Å². The van der Waals surface area contributed by atoms with Crippen LogP contribution in [0.1, 0.15) is 17.5 Å². The van der Waals surface area contributed by atoms with Gasteiger partial charge in [-0.3, -0.25) is 4.79 Å². The van der Waals surface area contributed by atoms with E-state index in [1.54, 1.807) is 0 Å². The van der Waals surface area contributed by atoms with Crippen molar-refractivity contribution in [3.63, 3.8) is 0 Å². The van der Waals surface area contributed by atoms with E-state index in [4.69, 9.17) is 11.6 Å². The zero-order valence-corrected chi connectivity index (χ0v) is 9.90. The molecule has 1 rings (SSSR count). The molecule has 3 heteroatoms. The molecule has 0 bridgehead atoms. The lowest BCUT2D eigenvalue weighted by Gasteiger charge is -2.04. The average molecular weight is 226 g/mol. The molecule has 82 valence electrons. The van der Waals surface area contributed by atoms with Crippen molar-refractivity contribution in [1.82, 2.24) is 5.32 Å². The van der Waals surface area contributed by atoms with Crippen molar-refractivity contribution in [2.45, 2.75) is 19.8 Å². The zero-order valence-electron chi connectivity index (χ0n) is 9.14. The minimum Gasteiger partial charge on any atom is -0.319 e. The highest BCUT2D eigenvalue weighted by atomic mass is 35.5. The highest BCUT2D eigenvalue weighted by Gasteiger charge is 2.06. The largest absolute Gasteiger partial charge is 0.319 e. The van der Waals surface area contributed by atoms with E-state index in [9.17, 15) is 4.79 Å². The topological polar surface area (TPSA) is 29.1 Å². The number of nitrogens with one attached hydrogen (secondary N) is 1. The molecule has 0 saturated heterocycles. The van der Waals surface area contributed by atoms with E-state index in [0.717, 1.165) is 17.7 Å². The molecule has 0 radical (unpaired) electrons. The summed E-state index contributed by atoms with van der Waals surface area (Å²) in [7, 11) is 1.84. The molecule has 0 heterocycles. The Hall–Kier alpha value is -0.860. The fourth-order valence-corrected chi connectivity index (χ4v) is 1.66. The van der Waals surface area contributed by atoms with Gasteiger partial charge in [0.15, 0.2) is 0 Å². The van der Waals surface area contributed by atoms with Crippen LogP contribution < -0.4 is 5.32 Å². The van der Waals surface area contributed by atoms with Gasteiger partial charge in [0.05, 0.1) is 0 Å². The second-order valence-electron chi connectivity index (χ2n) is 3.66. The van der Waals surface area contributed by atoms with Crippen molar-refractivity contribution in [2.24, 2.45) is 0 Å². The van der Waals surface area contributed by atoms with Gasteiger partial charge in [-0.2, -0.15) is 0 Å². The third-order valence-electron chi connectivity index (χ3n) is 2.25. The molecule has 0 atom stereocenters. The summed E-state index contributed by atoms with van der Waals surface area (Å²) < 4.78 is 0. The van der Waals surface area contributed by atoms with Crippen LogP contribution in [0.15, 0.2) is 18.2 Å². The third kappa shape index (κ3) is 4.02. The average Bonchev–Trinajstić information content (AvgIpc) is 2.19. The number of rotatable bonds is 5. The van der Waals surface area contributed by atoms with Gasteiger partial charge in [-0.05, 0) is 31.2 Å². The SMILES string of the molecule is CNCCC(=O)Cc1ccc(C)cc1Cl. The Morgan fingerprint density at radius 1 is 1.47 bits per heavy atom. The Balaban J connectivity index is 2.60. The number of aryl methyl sites for hydroxylation is 1. The first-order chi connectivity index (χ1) is 7.13. The monoisotopic (exact) mass is 225 g/mol. The minimum absolute atomic E-state index is 0.218. The van der Waals surface area contributed by atoms with Gasteiger partial charge in [0, 0.05) is 24.4 Å². The number of Topliss-reactive ketones (excluding diaryl/α,β-unsaturated/α-hetero) is 1. The quantitative estimate of drug-likeness (QED) is 0.834. The summed E-state index contributed by atoms with van der Waals surface area (Å²) in [6.07, 6.45) is 0.988. The molecule has 0 spiro atoms. The lowest BCUT2D eigenvalue weighted by atomic mass is 10.1. The second kappa shape index (κ2) is 5.89. The molecule has 0 amide bonds. The Morgan fingerprint density at radius 3 is 2.80 bits per heavy atom. The van der Waals surface area contributed by atoms with E-state index >= 15 is 0 Å². The minimum atomic E-state index is 0.218. The number of hydrogen-bond acceptors (Lipinski definition) is 2. The summed E-state index contributed by atoms with van der Waals surface area (Å²) in [5.74, 6) is 0.218. The van der Waals surface area contributed by atoms with Gasteiger partial charge in [-0.25, -0.2) is 0 Å². The predicted octanol–water partition coefficient (Wildman–Crippen LogP) is 2.37. The van der Waals surface area contributed by atoms with Gasteiger partial charge >= 0.3 is 0 Å². The van der Waals surface area contributed by atoms with E-state index in [-0.39, 0.29) is 5.78 Å². The highest BCUT2D eigenvalue weighted by Crippen LogP contribution is 2.18. The van der Waals surface area contributed by atoms with E-state index in [0.29, 0.717) is 17.9 Å². The molecule has 15 heavy (non-hydrogen) atoms. The molecule has 1 aromatic carbocycles. The predicted molar refractivity (Wildman–Crippen MR) is 63.4 cm³/mol. The number of carbonyl (C=O) groups is 1. The van der Waals surface area contributed by atoms with Crippen molar-refractivity contribution < 1.29 is 4.79 Å². The summed E-state index contributed by atoms with van der Waals surface area (Å²) in [5.41, 5.74) is 2.04. The molecular weight excluding hydrogens is 210 g/mol. The van der Waals surface area contributed by atoms with Crippen molar-refractivity contribution in [3.05, 3.63) is 34.3 Å². The fraction of sp³-hybridized carbons (Fsp3) is 0.417. The maximum absolute atomic E-state index is 11.5. The van der Waals surface area contributed by atoms with Gasteiger partial charge in [0.1, 0.15) is 5.78 Å². The molecule has 0 unspecified atom stereocenters. The molecule has 0 aliphatic rings. The summed E-state index contributed by atoms with van der Waals surface area (Å²) in [6, 6.07) is 5.80. The summed E-state index contributed by atoms with van der Waals surface area (Å²) in [4.78, 5) is 11.5. The van der Waals surface area contributed by atoms with Gasteiger partial charge in [-0.15, -0.1) is 0 Å². The molecule has 0 fully saturated rings. The van der Waals surface area contributed by atoms with Crippen LogP contribution in [0.3, 0.4) is 0 Å². The number of benzene rings is 1. The summed E-state index contributed by atoms with van der Waals surface area (Å²) >= 11 is 6.04. The molecule has 1 aromatic rings. The summed E-state index contributed by atoms with van der Waals surface area (Å²) in [6.45, 7) is 2.71. The molecule has 2 nitrogen and oxygen atoms in total. The van der Waals surface area contributed by atoms with Crippen LogP contribution >= 0.6 is 11.6 Å². The van der Waals surface area contributed by atoms with E-state index in [2.05, 4.69) is 5.32 Å². The third-order valence-corrected chi connectivity index (χ3v) is 2.60. The van der Waals surface area contributed by atoms with Crippen LogP contribution in [0, 0.1) is 6.92 Å². The maximum Gasteiger partial charge on any atom is 0.138 e. The van der Waals surface area contributed by atoms with Gasteiger partial charge in [0.25, 0.3) is 0 Å². The van der Waals surface area contributed by atoms with E-state index in [1.165, 1.54) is 0 Å². The first-order valence-corrected chi connectivity index (χ1v) is 5.42. The summed E-state index contributed by atoms with van der Waals surface area (Å²) in [5, 5.41) is 3.64. The molecule has 1 N–H and O–H groups in total. The maximum atomic E-state index is 11.5. The number of carbonyl (C=O) groups excluding carboxylic acids is 1. The Bertz CT molecular complexity index is 349. The number of halogens is 1. The Labute approximate surface area is 95.6 Å². The normalized spacial score (nSPS) is 10.3. The smallest absolute Gasteiger partial charge is 0.138 e. The van der Waals surface area contributed by atoms with Crippen molar-refractivity contribution in [2.75, 3.05) is 13.6 Å². The first kappa shape index (κ1) is 12.2. The van der Waals surface area contributed by atoms with Gasteiger partial charge < -0.3 is 5.32 Å².